The molecule has 9 heteroatoms. The molecule has 0 spiro atoms. The number of aromatic nitrogens is 1. The van der Waals surface area contributed by atoms with Crippen molar-refractivity contribution in [3.63, 3.8) is 0 Å². The van der Waals surface area contributed by atoms with E-state index in [9.17, 15) is 13.2 Å². The van der Waals surface area contributed by atoms with Crippen LogP contribution in [0.4, 0.5) is 0 Å². The lowest BCUT2D eigenvalue weighted by Crippen LogP contribution is -2.48. The number of benzene rings is 1. The summed E-state index contributed by atoms with van der Waals surface area (Å²) in [5.41, 5.74) is 0.862. The third kappa shape index (κ3) is 5.11. The van der Waals surface area contributed by atoms with Gasteiger partial charge in [0, 0.05) is 30.9 Å². The van der Waals surface area contributed by atoms with E-state index in [0.717, 1.165) is 0 Å². The molecule has 1 fully saturated rings. The maximum atomic E-state index is 13.0. The molecule has 0 radical (unpaired) electrons. The van der Waals surface area contributed by atoms with Gasteiger partial charge in [-0.25, -0.2) is 18.2 Å². The first-order chi connectivity index (χ1) is 13.8. The van der Waals surface area contributed by atoms with Gasteiger partial charge in [-0.15, -0.1) is 0 Å². The molecule has 0 bridgehead atoms. The Morgan fingerprint density at radius 1 is 1.21 bits per heavy atom. The molecule has 29 heavy (non-hydrogen) atoms. The molecular weight excluding hydrogens is 396 g/mol. The number of sulfonamides is 1. The van der Waals surface area contributed by atoms with E-state index < -0.39 is 16.0 Å². The summed E-state index contributed by atoms with van der Waals surface area (Å²) in [6.07, 6.45) is 1.16. The number of ether oxygens (including phenoxy) is 3. The fourth-order valence-electron chi connectivity index (χ4n) is 3.11. The van der Waals surface area contributed by atoms with Crippen molar-refractivity contribution in [2.24, 2.45) is 0 Å². The van der Waals surface area contributed by atoms with Crippen molar-refractivity contribution >= 4 is 16.0 Å². The quantitative estimate of drug-likeness (QED) is 0.662. The fraction of sp³-hybridized carbons (Fsp3) is 0.400. The van der Waals surface area contributed by atoms with Crippen LogP contribution in [0, 0.1) is 0 Å². The van der Waals surface area contributed by atoms with E-state index >= 15 is 0 Å². The minimum Gasteiger partial charge on any atom is -0.481 e. The number of esters is 1. The first kappa shape index (κ1) is 21.2. The smallest absolute Gasteiger partial charge is 0.338 e. The second-order valence-electron chi connectivity index (χ2n) is 6.89. The summed E-state index contributed by atoms with van der Waals surface area (Å²) >= 11 is 0. The number of hydrogen-bond donors (Lipinski definition) is 0. The average molecular weight is 420 g/mol. The highest BCUT2D eigenvalue weighted by atomic mass is 32.2. The van der Waals surface area contributed by atoms with Crippen LogP contribution in [0.1, 0.15) is 29.8 Å². The van der Waals surface area contributed by atoms with Crippen LogP contribution in [0.15, 0.2) is 47.5 Å². The number of nitrogens with zero attached hydrogens (tertiary/aromatic N) is 2. The number of carbonyl (C=O) groups excluding carboxylic acids is 1. The van der Waals surface area contributed by atoms with E-state index in [1.54, 1.807) is 18.3 Å². The van der Waals surface area contributed by atoms with Crippen LogP contribution in [-0.4, -0.2) is 56.1 Å². The van der Waals surface area contributed by atoms with Gasteiger partial charge in [0.2, 0.25) is 15.9 Å². The van der Waals surface area contributed by atoms with E-state index in [1.807, 2.05) is 13.8 Å². The average Bonchev–Trinajstić information content (AvgIpc) is 2.71. The van der Waals surface area contributed by atoms with Crippen LogP contribution < -0.4 is 4.74 Å². The van der Waals surface area contributed by atoms with Gasteiger partial charge in [0.05, 0.1) is 29.8 Å². The summed E-state index contributed by atoms with van der Waals surface area (Å²) in [5.74, 6) is -0.147. The summed E-state index contributed by atoms with van der Waals surface area (Å²) in [6, 6.07) is 9.28. The van der Waals surface area contributed by atoms with Crippen molar-refractivity contribution < 1.29 is 27.4 Å². The maximum absolute atomic E-state index is 13.0. The van der Waals surface area contributed by atoms with Crippen LogP contribution in [0.3, 0.4) is 0 Å². The topological polar surface area (TPSA) is 95.0 Å². The molecule has 2 aromatic rings. The van der Waals surface area contributed by atoms with Crippen molar-refractivity contribution in [1.82, 2.24) is 9.29 Å². The molecule has 8 nitrogen and oxygen atoms in total. The van der Waals surface area contributed by atoms with Crippen LogP contribution in [-0.2, 0) is 26.1 Å². The first-order valence-corrected chi connectivity index (χ1v) is 10.7. The normalized spacial score (nSPS) is 20.2. The van der Waals surface area contributed by atoms with Gasteiger partial charge in [-0.2, -0.15) is 4.31 Å². The number of methoxy groups -OCH3 is 1. The third-order valence-corrected chi connectivity index (χ3v) is 6.30. The molecule has 1 aliphatic rings. The molecule has 2 heterocycles. The van der Waals surface area contributed by atoms with Crippen molar-refractivity contribution in [2.45, 2.75) is 37.6 Å². The zero-order valence-electron chi connectivity index (χ0n) is 16.6. The number of carbonyl (C=O) groups is 1. The second-order valence-corrected chi connectivity index (χ2v) is 8.83. The Kier molecular flexibility index (Phi) is 6.51. The van der Waals surface area contributed by atoms with Crippen molar-refractivity contribution in [2.75, 3.05) is 20.2 Å². The van der Waals surface area contributed by atoms with Gasteiger partial charge >= 0.3 is 5.97 Å². The second kappa shape index (κ2) is 8.89. The predicted molar refractivity (Wildman–Crippen MR) is 105 cm³/mol. The molecule has 0 saturated carbocycles. The van der Waals surface area contributed by atoms with Crippen molar-refractivity contribution in [3.05, 3.63) is 53.7 Å². The monoisotopic (exact) mass is 420 g/mol. The molecule has 1 aromatic heterocycles. The summed E-state index contributed by atoms with van der Waals surface area (Å²) in [6.45, 7) is 4.23. The number of hydrogen-bond acceptors (Lipinski definition) is 7. The zero-order valence-corrected chi connectivity index (χ0v) is 17.4. The largest absolute Gasteiger partial charge is 0.481 e. The Morgan fingerprint density at radius 2 is 1.93 bits per heavy atom. The van der Waals surface area contributed by atoms with Crippen LogP contribution in [0.2, 0.25) is 0 Å². The third-order valence-electron chi connectivity index (χ3n) is 4.47. The lowest BCUT2D eigenvalue weighted by Gasteiger charge is -2.34. The van der Waals surface area contributed by atoms with Gasteiger partial charge in [0.1, 0.15) is 6.61 Å². The minimum absolute atomic E-state index is 0.0191. The van der Waals surface area contributed by atoms with Gasteiger partial charge in [0.25, 0.3) is 0 Å². The Bertz CT molecular complexity index is 951. The number of rotatable bonds is 6. The summed E-state index contributed by atoms with van der Waals surface area (Å²) < 4.78 is 43.2. The molecule has 0 amide bonds. The SMILES string of the molecule is COc1ccc(COC(=O)c2cccc(S(=O)(=O)N3C[C@@H](C)O[C@H](C)C3)c2)cn1. The van der Waals surface area contributed by atoms with Crippen molar-refractivity contribution in [3.8, 4) is 5.88 Å². The molecule has 0 aliphatic carbocycles. The van der Waals surface area contributed by atoms with Gasteiger partial charge in [0.15, 0.2) is 0 Å². The molecule has 2 atom stereocenters. The Morgan fingerprint density at radius 3 is 2.55 bits per heavy atom. The van der Waals surface area contributed by atoms with Crippen LogP contribution >= 0.6 is 0 Å². The van der Waals surface area contributed by atoms with E-state index in [2.05, 4.69) is 4.98 Å². The van der Waals surface area contributed by atoms with Crippen molar-refractivity contribution in [1.29, 1.82) is 0 Å². The number of morpholine rings is 1. The first-order valence-electron chi connectivity index (χ1n) is 9.21. The lowest BCUT2D eigenvalue weighted by atomic mass is 10.2. The summed E-state index contributed by atoms with van der Waals surface area (Å²) in [5, 5.41) is 0. The maximum Gasteiger partial charge on any atom is 0.338 e. The lowest BCUT2D eigenvalue weighted by molar-refractivity contribution is -0.0440. The predicted octanol–water partition coefficient (Wildman–Crippen LogP) is 2.25. The van der Waals surface area contributed by atoms with Gasteiger partial charge in [-0.1, -0.05) is 6.07 Å². The molecule has 0 unspecified atom stereocenters. The van der Waals surface area contributed by atoms with Crippen LogP contribution in [0.5, 0.6) is 5.88 Å². The molecule has 3 rings (SSSR count). The molecular formula is C20H24N2O6S. The molecule has 1 aromatic carbocycles. The highest BCUT2D eigenvalue weighted by molar-refractivity contribution is 7.89. The number of pyridine rings is 1. The molecule has 1 aliphatic heterocycles. The highest BCUT2D eigenvalue weighted by Gasteiger charge is 2.32. The van der Waals surface area contributed by atoms with Gasteiger partial charge < -0.3 is 14.2 Å². The minimum atomic E-state index is -3.74. The zero-order chi connectivity index (χ0) is 21.0. The van der Waals surface area contributed by atoms with E-state index in [-0.39, 0.29) is 42.4 Å². The molecule has 156 valence electrons. The molecule has 1 saturated heterocycles. The Hall–Kier alpha value is -2.49. The van der Waals surface area contributed by atoms with Gasteiger partial charge in [-0.3, -0.25) is 0 Å². The standard InChI is InChI=1S/C20H24N2O6S/c1-14-11-22(12-15(2)28-14)29(24,25)18-6-4-5-17(9-18)20(23)27-13-16-7-8-19(26-3)21-10-16/h4-10,14-15H,11-13H2,1-3H3/t14-,15-/m1/s1. The molecule has 0 N–H and O–H groups in total. The summed E-state index contributed by atoms with van der Waals surface area (Å²) in [4.78, 5) is 16.5. The Labute approximate surface area is 170 Å². The van der Waals surface area contributed by atoms with Gasteiger partial charge in [-0.05, 0) is 38.1 Å². The summed E-state index contributed by atoms with van der Waals surface area (Å²) in [7, 11) is -2.22. The van der Waals surface area contributed by atoms with Crippen LogP contribution in [0.25, 0.3) is 0 Å². The van der Waals surface area contributed by atoms with E-state index in [1.165, 1.54) is 35.7 Å². The highest BCUT2D eigenvalue weighted by Crippen LogP contribution is 2.22. The van der Waals surface area contributed by atoms with E-state index in [4.69, 9.17) is 14.2 Å². The van der Waals surface area contributed by atoms with E-state index in [0.29, 0.717) is 11.4 Å². The Balaban J connectivity index is 1.71. The fourth-order valence-corrected chi connectivity index (χ4v) is 4.75.